The first kappa shape index (κ1) is 19.7. The van der Waals surface area contributed by atoms with E-state index in [2.05, 4.69) is 10.6 Å². The summed E-state index contributed by atoms with van der Waals surface area (Å²) in [5.74, 6) is -0.625. The first-order chi connectivity index (χ1) is 11.5. The Morgan fingerprint density at radius 2 is 2.00 bits per heavy atom. The summed E-state index contributed by atoms with van der Waals surface area (Å²) >= 11 is 0. The van der Waals surface area contributed by atoms with Crippen molar-refractivity contribution in [2.75, 3.05) is 11.9 Å². The van der Waals surface area contributed by atoms with Gasteiger partial charge in [0.15, 0.2) is 0 Å². The van der Waals surface area contributed by atoms with Gasteiger partial charge in [-0.15, -0.1) is 0 Å². The molecule has 1 fully saturated rings. The maximum Gasteiger partial charge on any atom is 0.390 e. The van der Waals surface area contributed by atoms with Crippen LogP contribution in [-0.2, 0) is 14.8 Å². The summed E-state index contributed by atoms with van der Waals surface area (Å²) in [7, 11) is -3.93. The highest BCUT2D eigenvalue weighted by Gasteiger charge is 2.39. The first-order valence-electron chi connectivity index (χ1n) is 7.69. The lowest BCUT2D eigenvalue weighted by molar-refractivity contribution is -0.141. The van der Waals surface area contributed by atoms with Crippen LogP contribution in [0.1, 0.15) is 24.8 Å². The van der Waals surface area contributed by atoms with Crippen LogP contribution in [0, 0.1) is 12.8 Å². The molecule has 1 saturated carbocycles. The number of nitrogens with one attached hydrogen (secondary N) is 2. The van der Waals surface area contributed by atoms with Gasteiger partial charge in [0.2, 0.25) is 15.9 Å². The largest absolute Gasteiger partial charge is 0.390 e. The van der Waals surface area contributed by atoms with Gasteiger partial charge in [-0.05, 0) is 43.4 Å². The minimum atomic E-state index is -4.29. The molecule has 10 heteroatoms. The van der Waals surface area contributed by atoms with Crippen LogP contribution in [0.3, 0.4) is 0 Å². The van der Waals surface area contributed by atoms with Gasteiger partial charge in [-0.1, -0.05) is 6.07 Å². The molecular weight excluding hydrogens is 359 g/mol. The monoisotopic (exact) mass is 379 g/mol. The normalized spacial score (nSPS) is 16.5. The number of aryl methyl sites for hydroxylation is 1. The van der Waals surface area contributed by atoms with Gasteiger partial charge in [-0.2, -0.15) is 13.2 Å². The van der Waals surface area contributed by atoms with E-state index in [1.165, 1.54) is 18.2 Å². The maximum atomic E-state index is 12.5. The van der Waals surface area contributed by atoms with Crippen molar-refractivity contribution >= 4 is 21.6 Å². The molecule has 1 aliphatic carbocycles. The van der Waals surface area contributed by atoms with Gasteiger partial charge < -0.3 is 10.6 Å². The van der Waals surface area contributed by atoms with Crippen LogP contribution < -0.4 is 15.8 Å². The highest BCUT2D eigenvalue weighted by molar-refractivity contribution is 7.89. The van der Waals surface area contributed by atoms with Crippen LogP contribution in [0.25, 0.3) is 0 Å². The van der Waals surface area contributed by atoms with E-state index in [0.717, 1.165) is 0 Å². The highest BCUT2D eigenvalue weighted by Crippen LogP contribution is 2.37. The third-order valence-corrected chi connectivity index (χ3v) is 5.00. The number of sulfonamides is 1. The number of carbonyl (C=O) groups is 1. The number of hydrogen-bond acceptors (Lipinski definition) is 4. The predicted molar refractivity (Wildman–Crippen MR) is 86.4 cm³/mol. The number of benzene rings is 1. The lowest BCUT2D eigenvalue weighted by atomic mass is 10.1. The Morgan fingerprint density at radius 3 is 2.52 bits per heavy atom. The first-order valence-corrected chi connectivity index (χ1v) is 9.24. The quantitative estimate of drug-likeness (QED) is 0.673. The van der Waals surface area contributed by atoms with Crippen molar-refractivity contribution in [3.63, 3.8) is 0 Å². The summed E-state index contributed by atoms with van der Waals surface area (Å²) in [5.41, 5.74) is 0.637. The number of hydrogen-bond donors (Lipinski definition) is 3. The van der Waals surface area contributed by atoms with E-state index in [-0.39, 0.29) is 23.0 Å². The molecule has 0 radical (unpaired) electrons. The van der Waals surface area contributed by atoms with E-state index in [1.54, 1.807) is 6.92 Å². The third-order valence-electron chi connectivity index (χ3n) is 3.95. The van der Waals surface area contributed by atoms with Gasteiger partial charge in [0.05, 0.1) is 17.9 Å². The number of halogens is 3. The molecule has 0 aliphatic heterocycles. The van der Waals surface area contributed by atoms with Crippen molar-refractivity contribution in [1.29, 1.82) is 0 Å². The number of rotatable bonds is 7. The molecular formula is C15H20F3N3O3S. The fourth-order valence-electron chi connectivity index (χ4n) is 2.57. The van der Waals surface area contributed by atoms with Gasteiger partial charge in [0.1, 0.15) is 0 Å². The summed E-state index contributed by atoms with van der Waals surface area (Å²) in [4.78, 5) is 11.8. The van der Waals surface area contributed by atoms with Crippen LogP contribution in [0.15, 0.2) is 23.1 Å². The topological polar surface area (TPSA) is 101 Å². The van der Waals surface area contributed by atoms with E-state index in [9.17, 15) is 26.4 Å². The van der Waals surface area contributed by atoms with E-state index < -0.39 is 34.6 Å². The van der Waals surface area contributed by atoms with Crippen LogP contribution in [-0.4, -0.2) is 33.1 Å². The lowest BCUT2D eigenvalue weighted by Crippen LogP contribution is -2.40. The molecule has 0 saturated heterocycles. The van der Waals surface area contributed by atoms with Gasteiger partial charge in [0, 0.05) is 11.7 Å². The summed E-state index contributed by atoms with van der Waals surface area (Å²) in [6.07, 6.45) is -3.85. The Hall–Kier alpha value is -1.65. The van der Waals surface area contributed by atoms with Crippen LogP contribution in [0.2, 0.25) is 0 Å². The Labute approximate surface area is 144 Å². The van der Waals surface area contributed by atoms with Crippen molar-refractivity contribution in [2.24, 2.45) is 11.1 Å². The molecule has 25 heavy (non-hydrogen) atoms. The number of amides is 1. The average Bonchev–Trinajstić information content (AvgIpc) is 3.27. The second-order valence-corrected chi connectivity index (χ2v) is 7.75. The Balaban J connectivity index is 1.96. The molecule has 0 spiro atoms. The smallest absolute Gasteiger partial charge is 0.325 e. The number of primary sulfonamides is 1. The van der Waals surface area contributed by atoms with Crippen molar-refractivity contribution in [2.45, 2.75) is 43.3 Å². The molecule has 1 aromatic rings. The van der Waals surface area contributed by atoms with Gasteiger partial charge in [0.25, 0.3) is 0 Å². The molecule has 0 bridgehead atoms. The molecule has 1 amide bonds. The van der Waals surface area contributed by atoms with Gasteiger partial charge in [-0.3, -0.25) is 4.79 Å². The zero-order valence-electron chi connectivity index (χ0n) is 13.6. The zero-order chi connectivity index (χ0) is 18.8. The average molecular weight is 379 g/mol. The van der Waals surface area contributed by atoms with Crippen molar-refractivity contribution in [3.8, 4) is 0 Å². The summed E-state index contributed by atoms with van der Waals surface area (Å²) in [6.45, 7) is 1.26. The summed E-state index contributed by atoms with van der Waals surface area (Å²) in [6, 6.07) is 3.41. The molecule has 1 atom stereocenters. The number of carbonyl (C=O) groups excluding carboxylic acids is 1. The van der Waals surface area contributed by atoms with Crippen LogP contribution >= 0.6 is 0 Å². The highest BCUT2D eigenvalue weighted by atomic mass is 32.2. The van der Waals surface area contributed by atoms with E-state index >= 15 is 0 Å². The maximum absolute atomic E-state index is 12.5. The molecule has 6 nitrogen and oxygen atoms in total. The minimum Gasteiger partial charge on any atom is -0.325 e. The Morgan fingerprint density at radius 1 is 1.36 bits per heavy atom. The predicted octanol–water partition coefficient (Wildman–Crippen LogP) is 1.90. The molecule has 140 valence electrons. The van der Waals surface area contributed by atoms with Gasteiger partial charge >= 0.3 is 6.18 Å². The third kappa shape index (κ3) is 6.29. The van der Waals surface area contributed by atoms with Crippen LogP contribution in [0.4, 0.5) is 18.9 Å². The Kier molecular flexibility index (Phi) is 5.75. The van der Waals surface area contributed by atoms with E-state index in [1.807, 2.05) is 0 Å². The summed E-state index contributed by atoms with van der Waals surface area (Å²) in [5, 5.41) is 10.2. The van der Waals surface area contributed by atoms with Crippen molar-refractivity contribution in [3.05, 3.63) is 23.8 Å². The van der Waals surface area contributed by atoms with E-state index in [4.69, 9.17) is 5.14 Å². The van der Waals surface area contributed by atoms with Crippen LogP contribution in [0.5, 0.6) is 0 Å². The second kappa shape index (κ2) is 7.30. The number of anilines is 1. The van der Waals surface area contributed by atoms with Crippen molar-refractivity contribution < 1.29 is 26.4 Å². The second-order valence-electron chi connectivity index (χ2n) is 6.22. The SMILES string of the molecule is Cc1ccc(NC(=O)CNC(CC(F)(F)F)C2CC2)cc1S(N)(=O)=O. The molecule has 0 aromatic heterocycles. The van der Waals surface area contributed by atoms with E-state index in [0.29, 0.717) is 18.4 Å². The fourth-order valence-corrected chi connectivity index (χ4v) is 3.37. The lowest BCUT2D eigenvalue weighted by Gasteiger charge is -2.19. The standard InChI is InChI=1S/C15H20F3N3O3S/c1-9-2-5-11(6-13(9)25(19,23)24)21-14(22)8-20-12(10-3-4-10)7-15(16,17)18/h2,5-6,10,12,20H,3-4,7-8H2,1H3,(H,21,22)(H2,19,23,24). The molecule has 1 unspecified atom stereocenters. The number of nitrogens with two attached hydrogens (primary N) is 1. The van der Waals surface area contributed by atoms with Gasteiger partial charge in [-0.25, -0.2) is 13.6 Å². The molecule has 0 heterocycles. The molecule has 4 N–H and O–H groups in total. The minimum absolute atomic E-state index is 0.0669. The Bertz CT molecular complexity index is 746. The van der Waals surface area contributed by atoms with Crippen molar-refractivity contribution in [1.82, 2.24) is 5.32 Å². The fraction of sp³-hybridized carbons (Fsp3) is 0.533. The number of alkyl halides is 3. The summed E-state index contributed by atoms with van der Waals surface area (Å²) < 4.78 is 60.6. The molecule has 1 aromatic carbocycles. The molecule has 1 aliphatic rings. The zero-order valence-corrected chi connectivity index (χ0v) is 14.4. The molecule has 2 rings (SSSR count).